The Bertz CT molecular complexity index is 696. The van der Waals surface area contributed by atoms with Crippen molar-refractivity contribution >= 4 is 118 Å². The van der Waals surface area contributed by atoms with E-state index in [0.717, 1.165) is 0 Å². The van der Waals surface area contributed by atoms with Gasteiger partial charge in [-0.15, -0.1) is 0 Å². The predicted molar refractivity (Wildman–Crippen MR) is 160 cm³/mol. The standard InChI is InChI=1S/C16H36O12S4Si5/c1-33(2,21-13(17)9-29)25-37(26-34(3,4)22-14(18)10-30,27-35(5,6)23-15(19)11-31)28-36(7,8)24-16(20)12-32/h29-32H,9-12H2,1-8H3. The van der Waals surface area contributed by atoms with Crippen molar-refractivity contribution in [3.8, 4) is 0 Å². The number of thiol groups is 4. The van der Waals surface area contributed by atoms with Gasteiger partial charge < -0.3 is 34.2 Å². The average Bonchev–Trinajstić information content (AvgIpc) is 2.69. The van der Waals surface area contributed by atoms with Crippen molar-refractivity contribution in [1.82, 2.24) is 0 Å². The van der Waals surface area contributed by atoms with Crippen LogP contribution in [0.25, 0.3) is 0 Å². The molecule has 0 aromatic heterocycles. The second-order valence-corrected chi connectivity index (χ2v) is 26.6. The topological polar surface area (TPSA) is 142 Å². The third-order valence-electron chi connectivity index (χ3n) is 3.44. The van der Waals surface area contributed by atoms with Gasteiger partial charge in [0, 0.05) is 0 Å². The summed E-state index contributed by atoms with van der Waals surface area (Å²) in [5.41, 5.74) is 0. The number of hydrogen-bond acceptors (Lipinski definition) is 16. The van der Waals surface area contributed by atoms with Crippen LogP contribution in [0.4, 0.5) is 0 Å². The zero-order valence-electron chi connectivity index (χ0n) is 22.0. The molecule has 12 nitrogen and oxygen atoms in total. The first-order chi connectivity index (χ1) is 16.6. The van der Waals surface area contributed by atoms with E-state index in [4.69, 9.17) is 34.2 Å². The minimum absolute atomic E-state index is 0.226. The van der Waals surface area contributed by atoms with Gasteiger partial charge in [-0.25, -0.2) is 0 Å². The minimum Gasteiger partial charge on any atom is -0.494 e. The molecule has 0 N–H and O–H groups in total. The SMILES string of the molecule is C[Si](C)(OC(=O)CS)O[Si](O[Si](C)(C)OC(=O)CS)(O[Si](C)(C)OC(=O)CS)O[Si](C)(C)OC(=O)CS. The van der Waals surface area contributed by atoms with Crippen molar-refractivity contribution in [1.29, 1.82) is 0 Å². The highest BCUT2D eigenvalue weighted by Gasteiger charge is 2.63. The van der Waals surface area contributed by atoms with Crippen molar-refractivity contribution in [3.05, 3.63) is 0 Å². The van der Waals surface area contributed by atoms with E-state index in [1.165, 1.54) is 52.4 Å². The zero-order valence-corrected chi connectivity index (χ0v) is 30.6. The molecule has 0 aliphatic rings. The number of hydrogen-bond donors (Lipinski definition) is 4. The Morgan fingerprint density at radius 2 is 0.595 bits per heavy atom. The quantitative estimate of drug-likeness (QED) is 0.140. The fourth-order valence-corrected chi connectivity index (χ4v) is 19.4. The van der Waals surface area contributed by atoms with E-state index < -0.39 is 67.2 Å². The largest absolute Gasteiger partial charge is 0.646 e. The molecule has 37 heavy (non-hydrogen) atoms. The fraction of sp³-hybridized carbons (Fsp3) is 0.750. The van der Waals surface area contributed by atoms with Crippen LogP contribution in [-0.4, -0.2) is 90.2 Å². The van der Waals surface area contributed by atoms with Gasteiger partial charge in [0.15, 0.2) is 0 Å². The summed E-state index contributed by atoms with van der Waals surface area (Å²) in [4.78, 5) is 48.3. The average molecular weight is 689 g/mol. The van der Waals surface area contributed by atoms with Gasteiger partial charge in [0.25, 0.3) is 0 Å². The van der Waals surface area contributed by atoms with E-state index in [-0.39, 0.29) is 23.0 Å². The second kappa shape index (κ2) is 15.3. The van der Waals surface area contributed by atoms with E-state index in [1.54, 1.807) is 0 Å². The molecule has 0 amide bonds. The Morgan fingerprint density at radius 3 is 0.730 bits per heavy atom. The Morgan fingerprint density at radius 1 is 0.432 bits per heavy atom. The summed E-state index contributed by atoms with van der Waals surface area (Å²) in [5, 5.41) is 0. The molecule has 0 radical (unpaired) electrons. The molecule has 0 heterocycles. The molecule has 0 atom stereocenters. The van der Waals surface area contributed by atoms with Gasteiger partial charge in [-0.3, -0.25) is 19.2 Å². The van der Waals surface area contributed by atoms with Gasteiger partial charge in [0.1, 0.15) is 0 Å². The van der Waals surface area contributed by atoms with Gasteiger partial charge in [-0.1, -0.05) is 0 Å². The summed E-state index contributed by atoms with van der Waals surface area (Å²) in [6, 6.07) is 0. The van der Waals surface area contributed by atoms with E-state index >= 15 is 0 Å². The monoisotopic (exact) mass is 688 g/mol. The van der Waals surface area contributed by atoms with Crippen LogP contribution < -0.4 is 0 Å². The molecule has 216 valence electrons. The Hall–Kier alpha value is 0.204. The van der Waals surface area contributed by atoms with Crippen LogP contribution in [0, 0.1) is 0 Å². The summed E-state index contributed by atoms with van der Waals surface area (Å²) in [6.45, 7) is 12.2. The molecule has 0 aliphatic carbocycles. The lowest BCUT2D eigenvalue weighted by Crippen LogP contribution is -2.69. The van der Waals surface area contributed by atoms with E-state index in [2.05, 4.69) is 50.5 Å². The van der Waals surface area contributed by atoms with Crippen molar-refractivity contribution in [3.63, 3.8) is 0 Å². The summed E-state index contributed by atoms with van der Waals surface area (Å²) in [6.07, 6.45) is 0. The minimum atomic E-state index is -4.62. The first kappa shape index (κ1) is 37.2. The van der Waals surface area contributed by atoms with Crippen LogP contribution in [0.3, 0.4) is 0 Å². The van der Waals surface area contributed by atoms with Crippen molar-refractivity contribution in [2.75, 3.05) is 23.0 Å². The Kier molecular flexibility index (Phi) is 15.4. The first-order valence-electron chi connectivity index (χ1n) is 10.8. The predicted octanol–water partition coefficient (Wildman–Crippen LogP) is 2.19. The Labute approximate surface area is 245 Å². The smallest absolute Gasteiger partial charge is 0.494 e. The first-order valence-corrected chi connectivity index (χ1v) is 26.2. The van der Waals surface area contributed by atoms with E-state index in [0.29, 0.717) is 0 Å². The van der Waals surface area contributed by atoms with Crippen LogP contribution in [0.15, 0.2) is 0 Å². The highest BCUT2D eigenvalue weighted by Crippen LogP contribution is 2.31. The lowest BCUT2D eigenvalue weighted by Gasteiger charge is -2.43. The summed E-state index contributed by atoms with van der Waals surface area (Å²) >= 11 is 15.7. The van der Waals surface area contributed by atoms with Gasteiger partial charge in [0.05, 0.1) is 23.0 Å². The maximum absolute atomic E-state index is 12.1. The molecule has 0 saturated heterocycles. The molecule has 21 heteroatoms. The summed E-state index contributed by atoms with van der Waals surface area (Å²) < 4.78 is 46.9. The van der Waals surface area contributed by atoms with E-state index in [1.807, 2.05) is 0 Å². The van der Waals surface area contributed by atoms with Crippen LogP contribution in [0.2, 0.25) is 52.4 Å². The highest BCUT2D eigenvalue weighted by molar-refractivity contribution is 7.81. The molecule has 0 spiro atoms. The molecular formula is C16H36O12S4Si5. The third-order valence-corrected chi connectivity index (χ3v) is 19.2. The lowest BCUT2D eigenvalue weighted by molar-refractivity contribution is -0.133. The molecule has 0 aromatic rings. The number of rotatable bonds is 16. The summed E-state index contributed by atoms with van der Waals surface area (Å²) in [5.74, 6) is -3.58. The van der Waals surface area contributed by atoms with Crippen LogP contribution in [-0.2, 0) is 53.3 Å². The van der Waals surface area contributed by atoms with Crippen LogP contribution in [0.1, 0.15) is 0 Å². The van der Waals surface area contributed by atoms with E-state index in [9.17, 15) is 19.2 Å². The number of carbonyl (C=O) groups excluding carboxylic acids is 4. The second-order valence-electron chi connectivity index (χ2n) is 9.04. The van der Waals surface area contributed by atoms with Crippen molar-refractivity contribution in [2.45, 2.75) is 52.4 Å². The molecule has 0 unspecified atom stereocenters. The third kappa shape index (κ3) is 15.5. The zero-order chi connectivity index (χ0) is 29.3. The summed E-state index contributed by atoms with van der Waals surface area (Å²) in [7, 11) is -18.5. The fourth-order valence-electron chi connectivity index (χ4n) is 2.64. The number of carbonyl (C=O) groups is 4. The molecule has 0 bridgehead atoms. The van der Waals surface area contributed by atoms with Crippen molar-refractivity contribution < 1.29 is 53.3 Å². The van der Waals surface area contributed by atoms with Gasteiger partial charge in [-0.2, -0.15) is 50.5 Å². The molecule has 0 aromatic carbocycles. The van der Waals surface area contributed by atoms with Gasteiger partial charge in [-0.05, 0) is 52.4 Å². The molecular weight excluding hydrogens is 653 g/mol. The van der Waals surface area contributed by atoms with Crippen molar-refractivity contribution in [2.24, 2.45) is 0 Å². The normalized spacial score (nSPS) is 13.1. The molecule has 0 aliphatic heterocycles. The molecule has 0 fully saturated rings. The van der Waals surface area contributed by atoms with Crippen LogP contribution >= 0.6 is 50.5 Å². The highest BCUT2D eigenvalue weighted by atomic mass is 32.1. The maximum Gasteiger partial charge on any atom is 0.646 e. The van der Waals surface area contributed by atoms with Gasteiger partial charge in [0.2, 0.25) is 0 Å². The Balaban J connectivity index is 6.83. The van der Waals surface area contributed by atoms with Gasteiger partial charge >= 0.3 is 67.2 Å². The maximum atomic E-state index is 12.1. The van der Waals surface area contributed by atoms with Crippen LogP contribution in [0.5, 0.6) is 0 Å². The molecule has 0 rings (SSSR count). The molecule has 0 saturated carbocycles. The lowest BCUT2D eigenvalue weighted by atomic mass is 10.8.